The highest BCUT2D eigenvalue weighted by Gasteiger charge is 2.06. The number of hydrogen-bond acceptors (Lipinski definition) is 3. The van der Waals surface area contributed by atoms with E-state index in [1.165, 1.54) is 0 Å². The van der Waals surface area contributed by atoms with Crippen LogP contribution in [0.5, 0.6) is 0 Å². The van der Waals surface area contributed by atoms with E-state index in [1.807, 2.05) is 30.8 Å². The summed E-state index contributed by atoms with van der Waals surface area (Å²) in [6, 6.07) is 1.90. The van der Waals surface area contributed by atoms with Gasteiger partial charge in [-0.25, -0.2) is 4.98 Å². The highest BCUT2D eigenvalue weighted by atomic mass is 15.0. The van der Waals surface area contributed by atoms with Crippen molar-refractivity contribution in [3.8, 4) is 11.4 Å². The van der Waals surface area contributed by atoms with Crippen LogP contribution in [0.3, 0.4) is 0 Å². The monoisotopic (exact) mass is 188 g/mol. The number of imidazole rings is 1. The van der Waals surface area contributed by atoms with Crippen LogP contribution in [-0.2, 0) is 7.05 Å². The van der Waals surface area contributed by atoms with Crippen molar-refractivity contribution >= 4 is 5.69 Å². The van der Waals surface area contributed by atoms with Crippen LogP contribution < -0.4 is 5.73 Å². The summed E-state index contributed by atoms with van der Waals surface area (Å²) in [6.07, 6.45) is 5.42. The Balaban J connectivity index is 2.52. The quantitative estimate of drug-likeness (QED) is 0.735. The van der Waals surface area contributed by atoms with E-state index in [-0.39, 0.29) is 0 Å². The molecule has 72 valence electrons. The van der Waals surface area contributed by atoms with Crippen LogP contribution in [0.15, 0.2) is 24.8 Å². The van der Waals surface area contributed by atoms with Crippen LogP contribution in [0, 0.1) is 6.92 Å². The van der Waals surface area contributed by atoms with Crippen molar-refractivity contribution in [2.24, 2.45) is 7.05 Å². The van der Waals surface area contributed by atoms with Crippen LogP contribution in [-0.4, -0.2) is 14.5 Å². The second-order valence-electron chi connectivity index (χ2n) is 3.37. The molecule has 0 fully saturated rings. The van der Waals surface area contributed by atoms with Crippen LogP contribution in [0.4, 0.5) is 5.69 Å². The number of nitrogens with zero attached hydrogens (tertiary/aromatic N) is 3. The van der Waals surface area contributed by atoms with Crippen LogP contribution in [0.25, 0.3) is 11.4 Å². The second kappa shape index (κ2) is 3.14. The van der Waals surface area contributed by atoms with E-state index in [2.05, 4.69) is 9.97 Å². The van der Waals surface area contributed by atoms with E-state index in [0.29, 0.717) is 5.69 Å². The standard InChI is InChI=1S/C10H12N4/c1-7-3-8(11)10(12-4-7)9-5-14(2)6-13-9/h3-6H,11H2,1-2H3. The minimum atomic E-state index is 0.670. The number of anilines is 1. The predicted molar refractivity (Wildman–Crippen MR) is 55.6 cm³/mol. The van der Waals surface area contributed by atoms with E-state index >= 15 is 0 Å². The van der Waals surface area contributed by atoms with Gasteiger partial charge in [0.1, 0.15) is 11.4 Å². The molecule has 0 aliphatic heterocycles. The average molecular weight is 188 g/mol. The molecular weight excluding hydrogens is 176 g/mol. The third-order valence-electron chi connectivity index (χ3n) is 2.00. The molecule has 2 aromatic rings. The number of aromatic nitrogens is 3. The van der Waals surface area contributed by atoms with Gasteiger partial charge in [0.15, 0.2) is 0 Å². The molecule has 2 rings (SSSR count). The maximum atomic E-state index is 5.85. The maximum absolute atomic E-state index is 5.85. The van der Waals surface area contributed by atoms with Gasteiger partial charge in [0, 0.05) is 19.4 Å². The summed E-state index contributed by atoms with van der Waals surface area (Å²) in [5, 5.41) is 0. The maximum Gasteiger partial charge on any atom is 0.113 e. The fourth-order valence-electron chi connectivity index (χ4n) is 1.34. The van der Waals surface area contributed by atoms with Gasteiger partial charge in [0.05, 0.1) is 12.0 Å². The van der Waals surface area contributed by atoms with Gasteiger partial charge in [-0.05, 0) is 18.6 Å². The van der Waals surface area contributed by atoms with E-state index in [1.54, 1.807) is 12.5 Å². The molecule has 2 heterocycles. The van der Waals surface area contributed by atoms with Crippen molar-refractivity contribution in [2.45, 2.75) is 6.92 Å². The molecule has 0 aromatic carbocycles. The van der Waals surface area contributed by atoms with Crippen LogP contribution in [0.2, 0.25) is 0 Å². The molecule has 0 radical (unpaired) electrons. The van der Waals surface area contributed by atoms with Gasteiger partial charge >= 0.3 is 0 Å². The Labute approximate surface area is 82.4 Å². The minimum Gasteiger partial charge on any atom is -0.397 e. The SMILES string of the molecule is Cc1cnc(-c2cn(C)cn2)c(N)c1. The summed E-state index contributed by atoms with van der Waals surface area (Å²) in [5.74, 6) is 0. The summed E-state index contributed by atoms with van der Waals surface area (Å²) in [7, 11) is 1.92. The first-order chi connectivity index (χ1) is 6.66. The van der Waals surface area contributed by atoms with Gasteiger partial charge in [0.2, 0.25) is 0 Å². The lowest BCUT2D eigenvalue weighted by Gasteiger charge is -2.01. The molecule has 0 aliphatic carbocycles. The highest BCUT2D eigenvalue weighted by molar-refractivity contribution is 5.69. The third-order valence-corrected chi connectivity index (χ3v) is 2.00. The van der Waals surface area contributed by atoms with Gasteiger partial charge in [-0.1, -0.05) is 0 Å². The summed E-state index contributed by atoms with van der Waals surface area (Å²) >= 11 is 0. The summed E-state index contributed by atoms with van der Waals surface area (Å²) in [4.78, 5) is 8.46. The first-order valence-electron chi connectivity index (χ1n) is 4.37. The fourth-order valence-corrected chi connectivity index (χ4v) is 1.34. The zero-order valence-corrected chi connectivity index (χ0v) is 8.23. The third kappa shape index (κ3) is 1.46. The Morgan fingerprint density at radius 1 is 1.36 bits per heavy atom. The van der Waals surface area contributed by atoms with Crippen molar-refractivity contribution in [3.63, 3.8) is 0 Å². The van der Waals surface area contributed by atoms with E-state index < -0.39 is 0 Å². The molecule has 0 atom stereocenters. The molecule has 4 heteroatoms. The second-order valence-corrected chi connectivity index (χ2v) is 3.37. The number of hydrogen-bond donors (Lipinski definition) is 1. The first kappa shape index (κ1) is 8.74. The number of nitrogen functional groups attached to an aromatic ring is 1. The van der Waals surface area contributed by atoms with Gasteiger partial charge in [-0.3, -0.25) is 4.98 Å². The Kier molecular flexibility index (Phi) is 1.96. The minimum absolute atomic E-state index is 0.670. The van der Waals surface area contributed by atoms with Crippen molar-refractivity contribution < 1.29 is 0 Å². The Morgan fingerprint density at radius 2 is 2.14 bits per heavy atom. The van der Waals surface area contributed by atoms with Crippen LogP contribution >= 0.6 is 0 Å². The molecule has 2 N–H and O–H groups in total. The van der Waals surface area contributed by atoms with Crippen molar-refractivity contribution in [2.75, 3.05) is 5.73 Å². The zero-order valence-electron chi connectivity index (χ0n) is 8.23. The van der Waals surface area contributed by atoms with Gasteiger partial charge in [-0.15, -0.1) is 0 Å². The number of pyridine rings is 1. The van der Waals surface area contributed by atoms with Crippen molar-refractivity contribution in [1.29, 1.82) is 0 Å². The molecule has 0 unspecified atom stereocenters. The predicted octanol–water partition coefficient (Wildman–Crippen LogP) is 1.37. The average Bonchev–Trinajstić information content (AvgIpc) is 2.51. The summed E-state index contributed by atoms with van der Waals surface area (Å²) < 4.78 is 1.87. The summed E-state index contributed by atoms with van der Waals surface area (Å²) in [5.41, 5.74) is 9.14. The lowest BCUT2D eigenvalue weighted by Crippen LogP contribution is -1.94. The molecule has 2 aromatic heterocycles. The molecule has 14 heavy (non-hydrogen) atoms. The zero-order chi connectivity index (χ0) is 10.1. The molecule has 0 saturated heterocycles. The Morgan fingerprint density at radius 3 is 2.71 bits per heavy atom. The molecule has 0 amide bonds. The van der Waals surface area contributed by atoms with Gasteiger partial charge in [-0.2, -0.15) is 0 Å². The van der Waals surface area contributed by atoms with E-state index in [0.717, 1.165) is 17.0 Å². The normalized spacial score (nSPS) is 10.4. The fraction of sp³-hybridized carbons (Fsp3) is 0.200. The molecule has 4 nitrogen and oxygen atoms in total. The van der Waals surface area contributed by atoms with Crippen molar-refractivity contribution in [3.05, 3.63) is 30.4 Å². The molecule has 0 bridgehead atoms. The number of rotatable bonds is 1. The number of nitrogens with two attached hydrogens (primary N) is 1. The topological polar surface area (TPSA) is 56.7 Å². The number of aryl methyl sites for hydroxylation is 2. The van der Waals surface area contributed by atoms with Crippen LogP contribution in [0.1, 0.15) is 5.56 Å². The highest BCUT2D eigenvalue weighted by Crippen LogP contribution is 2.21. The Hall–Kier alpha value is -1.84. The lowest BCUT2D eigenvalue weighted by atomic mass is 10.2. The van der Waals surface area contributed by atoms with Gasteiger partial charge < -0.3 is 10.3 Å². The van der Waals surface area contributed by atoms with Crippen molar-refractivity contribution in [1.82, 2.24) is 14.5 Å². The smallest absolute Gasteiger partial charge is 0.113 e. The van der Waals surface area contributed by atoms with Gasteiger partial charge in [0.25, 0.3) is 0 Å². The lowest BCUT2D eigenvalue weighted by molar-refractivity contribution is 0.913. The molecule has 0 saturated carbocycles. The largest absolute Gasteiger partial charge is 0.397 e. The molecular formula is C10H12N4. The summed E-state index contributed by atoms with van der Waals surface area (Å²) in [6.45, 7) is 1.96. The van der Waals surface area contributed by atoms with E-state index in [4.69, 9.17) is 5.73 Å². The molecule has 0 aliphatic rings. The first-order valence-corrected chi connectivity index (χ1v) is 4.37. The Bertz CT molecular complexity index is 459. The molecule has 0 spiro atoms. The van der Waals surface area contributed by atoms with E-state index in [9.17, 15) is 0 Å².